The van der Waals surface area contributed by atoms with E-state index in [1.54, 1.807) is 6.07 Å². The number of methoxy groups -OCH3 is 1. The highest BCUT2D eigenvalue weighted by atomic mass is 19.1. The van der Waals surface area contributed by atoms with Gasteiger partial charge in [0.1, 0.15) is 0 Å². The molecule has 0 radical (unpaired) electrons. The number of halogens is 1. The van der Waals surface area contributed by atoms with Crippen LogP contribution < -0.4 is 4.74 Å². The largest absolute Gasteiger partial charge is 0.494 e. The lowest BCUT2D eigenvalue weighted by Gasteiger charge is -2.35. The maximum Gasteiger partial charge on any atom is 0.255 e. The molecule has 6 heteroatoms. The van der Waals surface area contributed by atoms with E-state index < -0.39 is 0 Å². The fourth-order valence-corrected chi connectivity index (χ4v) is 3.90. The van der Waals surface area contributed by atoms with Gasteiger partial charge in [0.15, 0.2) is 11.6 Å². The van der Waals surface area contributed by atoms with Crippen LogP contribution in [0.15, 0.2) is 60.7 Å². The van der Waals surface area contributed by atoms with Crippen molar-refractivity contribution >= 4 is 5.91 Å². The van der Waals surface area contributed by atoms with Gasteiger partial charge in [0, 0.05) is 38.3 Å². The smallest absolute Gasteiger partial charge is 0.255 e. The summed E-state index contributed by atoms with van der Waals surface area (Å²) in [5.74, 6) is -0.0862. The first-order valence-electron chi connectivity index (χ1n) is 10.4. The number of pyridine rings is 1. The molecule has 0 bridgehead atoms. The van der Waals surface area contributed by atoms with Gasteiger partial charge in [0.25, 0.3) is 5.91 Å². The Balaban J connectivity index is 1.37. The van der Waals surface area contributed by atoms with Gasteiger partial charge in [-0.1, -0.05) is 36.4 Å². The minimum atomic E-state index is -0.351. The molecule has 0 aliphatic carbocycles. The maximum atomic E-state index is 13.9. The Hall–Kier alpha value is -3.25. The molecule has 0 spiro atoms. The molecule has 1 amide bonds. The van der Waals surface area contributed by atoms with Gasteiger partial charge in [-0.05, 0) is 36.8 Å². The highest BCUT2D eigenvalue weighted by Gasteiger charge is 2.24. The molecule has 1 aliphatic heterocycles. The summed E-state index contributed by atoms with van der Waals surface area (Å²) in [6.45, 7) is 5.29. The molecule has 1 fully saturated rings. The summed E-state index contributed by atoms with van der Waals surface area (Å²) in [6.07, 6.45) is 0. The van der Waals surface area contributed by atoms with Crippen molar-refractivity contribution in [3.05, 3.63) is 83.3 Å². The molecule has 0 N–H and O–H groups in total. The molecule has 160 valence electrons. The van der Waals surface area contributed by atoms with Crippen LogP contribution in [0.3, 0.4) is 0 Å². The van der Waals surface area contributed by atoms with E-state index in [4.69, 9.17) is 4.74 Å². The van der Waals surface area contributed by atoms with Crippen LogP contribution in [-0.2, 0) is 6.54 Å². The Labute approximate surface area is 182 Å². The number of carbonyl (C=O) groups is 1. The number of benzene rings is 2. The molecule has 0 saturated carbocycles. The molecule has 1 aromatic heterocycles. The summed E-state index contributed by atoms with van der Waals surface area (Å²) >= 11 is 0. The number of amides is 1. The summed E-state index contributed by atoms with van der Waals surface area (Å²) < 4.78 is 18.9. The third-order valence-corrected chi connectivity index (χ3v) is 5.67. The molecule has 1 aliphatic rings. The summed E-state index contributed by atoms with van der Waals surface area (Å²) in [4.78, 5) is 21.8. The van der Waals surface area contributed by atoms with Crippen molar-refractivity contribution in [2.45, 2.75) is 13.5 Å². The minimum Gasteiger partial charge on any atom is -0.494 e. The Bertz CT molecular complexity index is 1060. The van der Waals surface area contributed by atoms with E-state index in [1.807, 2.05) is 60.4 Å². The van der Waals surface area contributed by atoms with Crippen molar-refractivity contribution in [2.24, 2.45) is 0 Å². The normalized spacial score (nSPS) is 14.5. The molecule has 3 aromatic rings. The van der Waals surface area contributed by atoms with Gasteiger partial charge < -0.3 is 9.64 Å². The predicted molar refractivity (Wildman–Crippen MR) is 119 cm³/mol. The minimum absolute atomic E-state index is 0.0137. The lowest BCUT2D eigenvalue weighted by Crippen LogP contribution is -2.48. The zero-order valence-electron chi connectivity index (χ0n) is 17.8. The third-order valence-electron chi connectivity index (χ3n) is 5.67. The predicted octanol–water partition coefficient (Wildman–Crippen LogP) is 4.16. The van der Waals surface area contributed by atoms with Crippen LogP contribution in [0.25, 0.3) is 11.3 Å². The molecule has 31 heavy (non-hydrogen) atoms. The number of hydrogen-bond acceptors (Lipinski definition) is 4. The van der Waals surface area contributed by atoms with Crippen LogP contribution >= 0.6 is 0 Å². The molecule has 2 heterocycles. The third kappa shape index (κ3) is 4.75. The SMILES string of the molecule is COc1ccc(CN2CCN(C(=O)c3ccc(-c4ccccc4)nc3C)CC2)cc1F. The second-order valence-electron chi connectivity index (χ2n) is 7.73. The molecular formula is C25H26FN3O2. The van der Waals surface area contributed by atoms with E-state index in [2.05, 4.69) is 9.88 Å². The zero-order chi connectivity index (χ0) is 21.8. The first-order valence-corrected chi connectivity index (χ1v) is 10.4. The lowest BCUT2D eigenvalue weighted by atomic mass is 10.1. The average Bonchev–Trinajstić information content (AvgIpc) is 2.80. The number of aryl methyl sites for hydroxylation is 1. The molecular weight excluding hydrogens is 393 g/mol. The molecule has 2 aromatic carbocycles. The van der Waals surface area contributed by atoms with Crippen molar-refractivity contribution in [2.75, 3.05) is 33.3 Å². The first-order chi connectivity index (χ1) is 15.0. The number of nitrogens with zero attached hydrogens (tertiary/aromatic N) is 3. The highest BCUT2D eigenvalue weighted by Crippen LogP contribution is 2.21. The van der Waals surface area contributed by atoms with E-state index in [0.717, 1.165) is 35.6 Å². The number of carbonyl (C=O) groups excluding carboxylic acids is 1. The second-order valence-corrected chi connectivity index (χ2v) is 7.73. The molecule has 0 atom stereocenters. The molecule has 1 saturated heterocycles. The van der Waals surface area contributed by atoms with Crippen LogP contribution in [0, 0.1) is 12.7 Å². The Morgan fingerprint density at radius 2 is 1.77 bits per heavy atom. The molecule has 5 nitrogen and oxygen atoms in total. The lowest BCUT2D eigenvalue weighted by molar-refractivity contribution is 0.0627. The van der Waals surface area contributed by atoms with Gasteiger partial charge in [-0.15, -0.1) is 0 Å². The Morgan fingerprint density at radius 1 is 1.03 bits per heavy atom. The van der Waals surface area contributed by atoms with E-state index in [1.165, 1.54) is 13.2 Å². The first kappa shape index (κ1) is 21.0. The van der Waals surface area contributed by atoms with Crippen molar-refractivity contribution < 1.29 is 13.9 Å². The number of aromatic nitrogens is 1. The van der Waals surface area contributed by atoms with Crippen molar-refractivity contribution in [1.82, 2.24) is 14.8 Å². The fourth-order valence-electron chi connectivity index (χ4n) is 3.90. The van der Waals surface area contributed by atoms with Gasteiger partial charge in [0.05, 0.1) is 24.1 Å². The molecule has 0 unspecified atom stereocenters. The van der Waals surface area contributed by atoms with Gasteiger partial charge in [-0.25, -0.2) is 4.39 Å². The topological polar surface area (TPSA) is 45.7 Å². The quantitative estimate of drug-likeness (QED) is 0.623. The van der Waals surface area contributed by atoms with E-state index in [0.29, 0.717) is 25.2 Å². The molecule has 4 rings (SSSR count). The average molecular weight is 420 g/mol. The Morgan fingerprint density at radius 3 is 2.42 bits per heavy atom. The summed E-state index contributed by atoms with van der Waals surface area (Å²) in [7, 11) is 1.46. The van der Waals surface area contributed by atoms with E-state index >= 15 is 0 Å². The van der Waals surface area contributed by atoms with E-state index in [-0.39, 0.29) is 17.5 Å². The van der Waals surface area contributed by atoms with E-state index in [9.17, 15) is 9.18 Å². The van der Waals surface area contributed by atoms with Crippen LogP contribution in [-0.4, -0.2) is 54.0 Å². The maximum absolute atomic E-state index is 13.9. The summed E-state index contributed by atoms with van der Waals surface area (Å²) in [5, 5.41) is 0. The number of rotatable bonds is 5. The van der Waals surface area contributed by atoms with Crippen LogP contribution in [0.2, 0.25) is 0 Å². The van der Waals surface area contributed by atoms with Gasteiger partial charge in [-0.3, -0.25) is 14.7 Å². The van der Waals surface area contributed by atoms with Crippen LogP contribution in [0.4, 0.5) is 4.39 Å². The van der Waals surface area contributed by atoms with Crippen molar-refractivity contribution in [3.8, 4) is 17.0 Å². The monoisotopic (exact) mass is 419 g/mol. The van der Waals surface area contributed by atoms with Crippen molar-refractivity contribution in [1.29, 1.82) is 0 Å². The van der Waals surface area contributed by atoms with Crippen LogP contribution in [0.1, 0.15) is 21.6 Å². The van der Waals surface area contributed by atoms with Crippen molar-refractivity contribution in [3.63, 3.8) is 0 Å². The summed E-state index contributed by atoms with van der Waals surface area (Å²) in [5.41, 5.74) is 4.18. The van der Waals surface area contributed by atoms with Crippen LogP contribution in [0.5, 0.6) is 5.75 Å². The zero-order valence-corrected chi connectivity index (χ0v) is 17.8. The number of ether oxygens (including phenoxy) is 1. The fraction of sp³-hybridized carbons (Fsp3) is 0.280. The summed E-state index contributed by atoms with van der Waals surface area (Å²) in [6, 6.07) is 18.8. The number of hydrogen-bond donors (Lipinski definition) is 0. The van der Waals surface area contributed by atoms with Gasteiger partial charge >= 0.3 is 0 Å². The van der Waals surface area contributed by atoms with Gasteiger partial charge in [-0.2, -0.15) is 0 Å². The van der Waals surface area contributed by atoms with Gasteiger partial charge in [0.2, 0.25) is 0 Å². The number of piperazine rings is 1. The Kier molecular flexibility index (Phi) is 6.28. The highest BCUT2D eigenvalue weighted by molar-refractivity contribution is 5.95. The standard InChI is InChI=1S/C25H26FN3O2/c1-18-21(9-10-23(27-18)20-6-4-3-5-7-20)25(30)29-14-12-28(13-15-29)17-19-8-11-24(31-2)22(26)16-19/h3-11,16H,12-15,17H2,1-2H3. The second kappa shape index (κ2) is 9.27.